The zero-order valence-corrected chi connectivity index (χ0v) is 20.5. The van der Waals surface area contributed by atoms with E-state index in [0.717, 1.165) is 11.8 Å². The Bertz CT molecular complexity index is 1310. The van der Waals surface area contributed by atoms with E-state index in [2.05, 4.69) is 15.5 Å². The van der Waals surface area contributed by atoms with Crippen molar-refractivity contribution in [2.24, 2.45) is 7.05 Å². The van der Waals surface area contributed by atoms with Crippen molar-refractivity contribution < 1.29 is 22.3 Å². The van der Waals surface area contributed by atoms with Crippen LogP contribution in [0.1, 0.15) is 0 Å². The molecule has 0 atom stereocenters. The van der Waals surface area contributed by atoms with Gasteiger partial charge in [-0.1, -0.05) is 35.5 Å². The lowest BCUT2D eigenvalue weighted by atomic mass is 10.2. The molecule has 1 aromatic heterocycles. The molecule has 0 aliphatic carbocycles. The molecular weight excluding hydrogens is 505 g/mol. The third-order valence-corrected chi connectivity index (χ3v) is 8.49. The quantitative estimate of drug-likeness (QED) is 0.472. The average Bonchev–Trinajstić information content (AvgIpc) is 3.19. The van der Waals surface area contributed by atoms with Gasteiger partial charge in [0.15, 0.2) is 11.0 Å². The number of hydrogen-bond donors (Lipinski definition) is 1. The van der Waals surface area contributed by atoms with Gasteiger partial charge < -0.3 is 14.6 Å². The van der Waals surface area contributed by atoms with Gasteiger partial charge in [-0.3, -0.25) is 4.79 Å². The van der Waals surface area contributed by atoms with E-state index >= 15 is 0 Å². The number of anilines is 1. The summed E-state index contributed by atoms with van der Waals surface area (Å²) in [7, 11) is -2.14. The minimum Gasteiger partial charge on any atom is -0.379 e. The van der Waals surface area contributed by atoms with E-state index in [1.807, 2.05) is 0 Å². The van der Waals surface area contributed by atoms with Gasteiger partial charge in [-0.2, -0.15) is 4.31 Å². The molecule has 0 saturated carbocycles. The number of rotatable bonds is 7. The summed E-state index contributed by atoms with van der Waals surface area (Å²) < 4.78 is 48.1. The maximum absolute atomic E-state index is 14.1. The molecule has 2 aromatic carbocycles. The SMILES string of the molecule is Cn1c(SCC(=O)Nc2ccc(Cl)c(S(=O)(=O)N3CCOCC3)c2)nnc1-c1ccccc1F. The number of carbonyl (C=O) groups is 1. The fourth-order valence-electron chi connectivity index (χ4n) is 3.35. The Hall–Kier alpha value is -2.51. The first-order chi connectivity index (χ1) is 16.3. The second kappa shape index (κ2) is 10.4. The molecule has 0 unspecified atom stereocenters. The van der Waals surface area contributed by atoms with E-state index in [-0.39, 0.29) is 34.7 Å². The van der Waals surface area contributed by atoms with Crippen molar-refractivity contribution in [1.82, 2.24) is 19.1 Å². The van der Waals surface area contributed by atoms with Crippen LogP contribution in [0.15, 0.2) is 52.5 Å². The molecule has 9 nitrogen and oxygen atoms in total. The number of halogens is 2. The molecule has 3 aromatic rings. The highest BCUT2D eigenvalue weighted by Gasteiger charge is 2.28. The molecule has 0 bridgehead atoms. The van der Waals surface area contributed by atoms with Crippen LogP contribution in [0.25, 0.3) is 11.4 Å². The summed E-state index contributed by atoms with van der Waals surface area (Å²) in [6.45, 7) is 1.09. The predicted molar refractivity (Wildman–Crippen MR) is 127 cm³/mol. The first kappa shape index (κ1) is 24.6. The number of amides is 1. The number of nitrogens with zero attached hydrogens (tertiary/aromatic N) is 4. The van der Waals surface area contributed by atoms with Crippen molar-refractivity contribution in [3.8, 4) is 11.4 Å². The zero-order valence-electron chi connectivity index (χ0n) is 18.1. The van der Waals surface area contributed by atoms with Crippen LogP contribution in [0.4, 0.5) is 10.1 Å². The summed E-state index contributed by atoms with van der Waals surface area (Å²) in [4.78, 5) is 12.4. The van der Waals surface area contributed by atoms with Gasteiger partial charge in [0.25, 0.3) is 0 Å². The first-order valence-electron chi connectivity index (χ1n) is 10.2. The van der Waals surface area contributed by atoms with Gasteiger partial charge in [0.2, 0.25) is 15.9 Å². The molecule has 180 valence electrons. The van der Waals surface area contributed by atoms with E-state index in [4.69, 9.17) is 16.3 Å². The Balaban J connectivity index is 1.43. The third kappa shape index (κ3) is 5.26. The number of carbonyl (C=O) groups excluding carboxylic acids is 1. The molecule has 1 amide bonds. The van der Waals surface area contributed by atoms with Crippen molar-refractivity contribution in [3.05, 3.63) is 53.3 Å². The van der Waals surface area contributed by atoms with Gasteiger partial charge in [-0.25, -0.2) is 12.8 Å². The third-order valence-electron chi connectivity index (χ3n) is 5.08. The summed E-state index contributed by atoms with van der Waals surface area (Å²) in [5.41, 5.74) is 0.607. The van der Waals surface area contributed by atoms with Crippen molar-refractivity contribution in [1.29, 1.82) is 0 Å². The highest BCUT2D eigenvalue weighted by Crippen LogP contribution is 2.29. The Morgan fingerprint density at radius 3 is 2.68 bits per heavy atom. The van der Waals surface area contributed by atoms with E-state index in [9.17, 15) is 17.6 Å². The second-order valence-electron chi connectivity index (χ2n) is 7.34. The minimum atomic E-state index is -3.83. The normalized spacial score (nSPS) is 14.8. The largest absolute Gasteiger partial charge is 0.379 e. The summed E-state index contributed by atoms with van der Waals surface area (Å²) in [6.07, 6.45) is 0. The average molecular weight is 526 g/mol. The van der Waals surface area contributed by atoms with E-state index in [1.165, 1.54) is 28.6 Å². The number of hydrogen-bond acceptors (Lipinski definition) is 7. The Morgan fingerprint density at radius 1 is 1.21 bits per heavy atom. The van der Waals surface area contributed by atoms with E-state index in [0.29, 0.717) is 35.4 Å². The lowest BCUT2D eigenvalue weighted by molar-refractivity contribution is -0.113. The van der Waals surface area contributed by atoms with Crippen LogP contribution in [-0.4, -0.2) is 65.5 Å². The summed E-state index contributed by atoms with van der Waals surface area (Å²) in [5.74, 6) is -0.468. The zero-order chi connectivity index (χ0) is 24.3. The van der Waals surface area contributed by atoms with Gasteiger partial charge in [0, 0.05) is 25.8 Å². The maximum Gasteiger partial charge on any atom is 0.244 e. The summed E-state index contributed by atoms with van der Waals surface area (Å²) >= 11 is 7.28. The van der Waals surface area contributed by atoms with Crippen LogP contribution < -0.4 is 5.32 Å². The van der Waals surface area contributed by atoms with Crippen LogP contribution >= 0.6 is 23.4 Å². The number of ether oxygens (including phenoxy) is 1. The Labute approximate surface area is 205 Å². The van der Waals surface area contributed by atoms with E-state index < -0.39 is 15.8 Å². The van der Waals surface area contributed by atoms with E-state index in [1.54, 1.807) is 29.8 Å². The number of sulfonamides is 1. The van der Waals surface area contributed by atoms with Gasteiger partial charge in [-0.05, 0) is 30.3 Å². The maximum atomic E-state index is 14.1. The second-order valence-corrected chi connectivity index (χ2v) is 10.6. The van der Waals surface area contributed by atoms with Gasteiger partial charge in [0.05, 0.1) is 29.6 Å². The molecule has 2 heterocycles. The molecule has 1 aliphatic heterocycles. The highest BCUT2D eigenvalue weighted by atomic mass is 35.5. The molecule has 0 spiro atoms. The number of morpholine rings is 1. The van der Waals surface area contributed by atoms with Crippen molar-refractivity contribution in [2.45, 2.75) is 10.1 Å². The van der Waals surface area contributed by atoms with Crippen LogP contribution in [0.3, 0.4) is 0 Å². The smallest absolute Gasteiger partial charge is 0.244 e. The molecular formula is C21H21ClFN5O4S2. The monoisotopic (exact) mass is 525 g/mol. The highest BCUT2D eigenvalue weighted by molar-refractivity contribution is 7.99. The fourth-order valence-corrected chi connectivity index (χ4v) is 5.97. The van der Waals surface area contributed by atoms with Gasteiger partial charge in [-0.15, -0.1) is 10.2 Å². The molecule has 0 radical (unpaired) electrons. The predicted octanol–water partition coefficient (Wildman–Crippen LogP) is 3.03. The number of benzene rings is 2. The van der Waals surface area contributed by atoms with Crippen LogP contribution in [0.5, 0.6) is 0 Å². The van der Waals surface area contributed by atoms with Crippen molar-refractivity contribution >= 4 is 45.0 Å². The standard InChI is InChI=1S/C21H21ClFN5O4S2/c1-27-20(15-4-2-3-5-17(15)23)25-26-21(27)33-13-19(29)24-14-6-7-16(22)18(12-14)34(30,31)28-8-10-32-11-9-28/h2-7,12H,8-11,13H2,1H3,(H,24,29). The van der Waals surface area contributed by atoms with Crippen molar-refractivity contribution in [3.63, 3.8) is 0 Å². The molecule has 1 N–H and O–H groups in total. The number of thioether (sulfide) groups is 1. The lowest BCUT2D eigenvalue weighted by Gasteiger charge is -2.26. The Kier molecular flexibility index (Phi) is 7.53. The molecule has 1 saturated heterocycles. The van der Waals surface area contributed by atoms with Crippen LogP contribution in [-0.2, 0) is 26.6 Å². The minimum absolute atomic E-state index is 0.0164. The number of nitrogens with one attached hydrogen (secondary N) is 1. The topological polar surface area (TPSA) is 106 Å². The van der Waals surface area contributed by atoms with Gasteiger partial charge in [0.1, 0.15) is 10.7 Å². The molecule has 4 rings (SSSR count). The summed E-state index contributed by atoms with van der Waals surface area (Å²) in [5, 5.41) is 11.2. The molecule has 1 fully saturated rings. The fraction of sp³-hybridized carbons (Fsp3) is 0.286. The molecule has 34 heavy (non-hydrogen) atoms. The van der Waals surface area contributed by atoms with Crippen LogP contribution in [0, 0.1) is 5.82 Å². The van der Waals surface area contributed by atoms with Crippen LogP contribution in [0.2, 0.25) is 5.02 Å². The van der Waals surface area contributed by atoms with Crippen molar-refractivity contribution in [2.75, 3.05) is 37.4 Å². The summed E-state index contributed by atoms with van der Waals surface area (Å²) in [6, 6.07) is 10.5. The first-order valence-corrected chi connectivity index (χ1v) is 13.0. The molecule has 1 aliphatic rings. The Morgan fingerprint density at radius 2 is 1.94 bits per heavy atom. The molecule has 13 heteroatoms. The lowest BCUT2D eigenvalue weighted by Crippen LogP contribution is -2.40. The number of aromatic nitrogens is 3. The van der Waals surface area contributed by atoms with Gasteiger partial charge >= 0.3 is 0 Å².